The van der Waals surface area contributed by atoms with E-state index in [1.165, 1.54) is 0 Å². The normalized spacial score (nSPS) is 13.4. The molecule has 23 heavy (non-hydrogen) atoms. The third-order valence-corrected chi connectivity index (χ3v) is 3.61. The minimum absolute atomic E-state index is 0.0329. The van der Waals surface area contributed by atoms with Gasteiger partial charge in [-0.15, -0.1) is 0 Å². The van der Waals surface area contributed by atoms with Crippen molar-refractivity contribution < 1.29 is 14.4 Å². The van der Waals surface area contributed by atoms with Crippen molar-refractivity contribution in [3.8, 4) is 0 Å². The molecule has 2 rings (SSSR count). The summed E-state index contributed by atoms with van der Waals surface area (Å²) in [4.78, 5) is 36.7. The summed E-state index contributed by atoms with van der Waals surface area (Å²) < 4.78 is 0. The summed E-state index contributed by atoms with van der Waals surface area (Å²) >= 11 is 0. The van der Waals surface area contributed by atoms with Crippen LogP contribution in [0.25, 0.3) is 0 Å². The van der Waals surface area contributed by atoms with E-state index in [2.05, 4.69) is 10.6 Å². The van der Waals surface area contributed by atoms with E-state index in [0.29, 0.717) is 12.1 Å². The maximum absolute atomic E-state index is 12.3. The van der Waals surface area contributed by atoms with Crippen LogP contribution in [0.1, 0.15) is 36.2 Å². The largest absolute Gasteiger partial charge is 0.362 e. The number of benzene rings is 1. The minimum Gasteiger partial charge on any atom is -0.362 e. The molecule has 0 aromatic heterocycles. The zero-order valence-electron chi connectivity index (χ0n) is 13.4. The predicted octanol–water partition coefficient (Wildman–Crippen LogP) is 0.772. The first kappa shape index (κ1) is 16.8. The van der Waals surface area contributed by atoms with Crippen LogP contribution in [-0.2, 0) is 11.2 Å². The van der Waals surface area contributed by atoms with Gasteiger partial charge in [-0.2, -0.15) is 0 Å². The van der Waals surface area contributed by atoms with Crippen LogP contribution in [0.5, 0.6) is 0 Å². The standard InChI is InChI=1S/C16H22N4O3/c1-10(2)18-15(22)12-5-3-7-13-11(12)6-4-8-20(13)9-14(21)19-16(17)23/h3,5,7,10H,4,6,8-9H2,1-2H3,(H,18,22)(H3,17,19,21,23). The van der Waals surface area contributed by atoms with E-state index >= 15 is 0 Å². The van der Waals surface area contributed by atoms with Crippen molar-refractivity contribution in [3.05, 3.63) is 29.3 Å². The lowest BCUT2D eigenvalue weighted by atomic mass is 9.95. The lowest BCUT2D eigenvalue weighted by molar-refractivity contribution is -0.118. The Balaban J connectivity index is 2.24. The number of hydrogen-bond acceptors (Lipinski definition) is 4. The summed E-state index contributed by atoms with van der Waals surface area (Å²) in [5, 5.41) is 4.96. The van der Waals surface area contributed by atoms with Gasteiger partial charge in [0.25, 0.3) is 5.91 Å². The number of nitrogens with one attached hydrogen (secondary N) is 2. The van der Waals surface area contributed by atoms with Gasteiger partial charge in [-0.1, -0.05) is 6.07 Å². The van der Waals surface area contributed by atoms with Crippen LogP contribution in [-0.4, -0.2) is 37.0 Å². The van der Waals surface area contributed by atoms with Gasteiger partial charge in [0.2, 0.25) is 5.91 Å². The number of amides is 4. The predicted molar refractivity (Wildman–Crippen MR) is 87.3 cm³/mol. The molecule has 4 N–H and O–H groups in total. The summed E-state index contributed by atoms with van der Waals surface area (Å²) in [6, 6.07) is 4.68. The van der Waals surface area contributed by atoms with E-state index in [9.17, 15) is 14.4 Å². The van der Waals surface area contributed by atoms with Gasteiger partial charge in [0.15, 0.2) is 0 Å². The minimum atomic E-state index is -0.864. The van der Waals surface area contributed by atoms with E-state index in [0.717, 1.165) is 24.1 Å². The molecule has 0 bridgehead atoms. The molecule has 1 aliphatic heterocycles. The number of nitrogens with zero attached hydrogens (tertiary/aromatic N) is 1. The van der Waals surface area contributed by atoms with E-state index in [-0.39, 0.29) is 18.5 Å². The molecule has 7 nitrogen and oxygen atoms in total. The first-order valence-corrected chi connectivity index (χ1v) is 7.65. The first-order chi connectivity index (χ1) is 10.9. The molecule has 1 aromatic rings. The van der Waals surface area contributed by atoms with Crippen molar-refractivity contribution in [2.75, 3.05) is 18.0 Å². The quantitative estimate of drug-likeness (QED) is 0.762. The van der Waals surface area contributed by atoms with Crippen LogP contribution in [0.15, 0.2) is 18.2 Å². The number of anilines is 1. The van der Waals surface area contributed by atoms with Gasteiger partial charge in [-0.3, -0.25) is 14.9 Å². The number of carbonyl (C=O) groups is 3. The van der Waals surface area contributed by atoms with Crippen molar-refractivity contribution in [1.82, 2.24) is 10.6 Å². The van der Waals surface area contributed by atoms with Gasteiger partial charge in [-0.25, -0.2) is 4.79 Å². The van der Waals surface area contributed by atoms with Crippen LogP contribution in [0.3, 0.4) is 0 Å². The molecule has 1 heterocycles. The van der Waals surface area contributed by atoms with Crippen LogP contribution in [0, 0.1) is 0 Å². The Morgan fingerprint density at radius 1 is 1.30 bits per heavy atom. The van der Waals surface area contributed by atoms with Crippen LogP contribution in [0.2, 0.25) is 0 Å². The lowest BCUT2D eigenvalue weighted by Gasteiger charge is -2.31. The van der Waals surface area contributed by atoms with Gasteiger partial charge in [0.1, 0.15) is 0 Å². The molecule has 1 aromatic carbocycles. The zero-order valence-corrected chi connectivity index (χ0v) is 13.4. The second kappa shape index (κ2) is 7.13. The number of carbonyl (C=O) groups excluding carboxylic acids is 3. The molecule has 124 valence electrons. The molecule has 4 amide bonds. The first-order valence-electron chi connectivity index (χ1n) is 7.65. The van der Waals surface area contributed by atoms with Crippen LogP contribution in [0.4, 0.5) is 10.5 Å². The SMILES string of the molecule is CC(C)NC(=O)c1cccc2c1CCCN2CC(=O)NC(N)=O. The Hall–Kier alpha value is -2.57. The number of nitrogens with two attached hydrogens (primary N) is 1. The summed E-state index contributed by atoms with van der Waals surface area (Å²) in [5.74, 6) is -0.567. The number of primary amides is 1. The number of rotatable bonds is 4. The highest BCUT2D eigenvalue weighted by Crippen LogP contribution is 2.29. The Morgan fingerprint density at radius 2 is 2.04 bits per heavy atom. The monoisotopic (exact) mass is 318 g/mol. The summed E-state index contributed by atoms with van der Waals surface area (Å²) in [6.45, 7) is 4.54. The molecule has 0 aliphatic carbocycles. The fourth-order valence-corrected chi connectivity index (χ4v) is 2.77. The molecule has 7 heteroatoms. The summed E-state index contributed by atoms with van der Waals surface area (Å²) in [7, 11) is 0. The van der Waals surface area contributed by atoms with Gasteiger partial charge in [-0.05, 0) is 44.4 Å². The molecular formula is C16H22N4O3. The summed E-state index contributed by atoms with van der Waals surface area (Å²) in [6.07, 6.45) is 1.62. The topological polar surface area (TPSA) is 105 Å². The molecule has 1 aliphatic rings. The number of hydrogen-bond donors (Lipinski definition) is 3. The molecule has 0 fully saturated rings. The van der Waals surface area contributed by atoms with Crippen molar-refractivity contribution in [2.45, 2.75) is 32.7 Å². The highest BCUT2D eigenvalue weighted by molar-refractivity contribution is 5.98. The van der Waals surface area contributed by atoms with E-state index in [4.69, 9.17) is 5.73 Å². The molecule has 0 spiro atoms. The Kier molecular flexibility index (Phi) is 5.20. The molecule has 0 radical (unpaired) electrons. The fourth-order valence-electron chi connectivity index (χ4n) is 2.77. The van der Waals surface area contributed by atoms with E-state index in [1.54, 1.807) is 12.1 Å². The smallest absolute Gasteiger partial charge is 0.318 e. The second-order valence-corrected chi connectivity index (χ2v) is 5.87. The number of urea groups is 1. The van der Waals surface area contributed by atoms with Gasteiger partial charge in [0.05, 0.1) is 6.54 Å². The number of imide groups is 1. The average Bonchev–Trinajstić information content (AvgIpc) is 2.45. The molecule has 0 unspecified atom stereocenters. The molecule has 0 saturated carbocycles. The maximum atomic E-state index is 12.3. The highest BCUT2D eigenvalue weighted by Gasteiger charge is 2.24. The zero-order chi connectivity index (χ0) is 17.0. The Labute approximate surface area is 135 Å². The third kappa shape index (κ3) is 4.21. The lowest BCUT2D eigenvalue weighted by Crippen LogP contribution is -2.44. The fraction of sp³-hybridized carbons (Fsp3) is 0.438. The van der Waals surface area contributed by atoms with Crippen molar-refractivity contribution in [3.63, 3.8) is 0 Å². The maximum Gasteiger partial charge on any atom is 0.318 e. The molecule has 0 atom stereocenters. The molecular weight excluding hydrogens is 296 g/mol. The second-order valence-electron chi connectivity index (χ2n) is 5.87. The summed E-state index contributed by atoms with van der Waals surface area (Å²) in [5.41, 5.74) is 7.38. The Morgan fingerprint density at radius 3 is 2.70 bits per heavy atom. The van der Waals surface area contributed by atoms with E-state index in [1.807, 2.05) is 24.8 Å². The highest BCUT2D eigenvalue weighted by atomic mass is 16.2. The van der Waals surface area contributed by atoms with Crippen LogP contribution >= 0.6 is 0 Å². The van der Waals surface area contributed by atoms with Gasteiger partial charge >= 0.3 is 6.03 Å². The third-order valence-electron chi connectivity index (χ3n) is 3.61. The van der Waals surface area contributed by atoms with Gasteiger partial charge in [0, 0.05) is 23.8 Å². The van der Waals surface area contributed by atoms with Crippen molar-refractivity contribution >= 4 is 23.5 Å². The number of fused-ring (bicyclic) bond motifs is 1. The average molecular weight is 318 g/mol. The molecule has 0 saturated heterocycles. The van der Waals surface area contributed by atoms with Gasteiger partial charge < -0.3 is 16.0 Å². The van der Waals surface area contributed by atoms with Crippen LogP contribution < -0.4 is 21.3 Å². The van der Waals surface area contributed by atoms with E-state index < -0.39 is 11.9 Å². The Bertz CT molecular complexity index is 628. The van der Waals surface area contributed by atoms with Crippen molar-refractivity contribution in [2.24, 2.45) is 5.73 Å². The van der Waals surface area contributed by atoms with Crippen molar-refractivity contribution in [1.29, 1.82) is 0 Å².